The van der Waals surface area contributed by atoms with E-state index in [-0.39, 0.29) is 23.4 Å². The number of phenols is 1. The van der Waals surface area contributed by atoms with Crippen LogP contribution in [0, 0.1) is 12.7 Å². The minimum Gasteiger partial charge on any atom is -0.508 e. The van der Waals surface area contributed by atoms with E-state index < -0.39 is 11.9 Å². The molecule has 3 heterocycles. The number of aryl methyl sites for hydroxylation is 1. The van der Waals surface area contributed by atoms with Gasteiger partial charge in [0, 0.05) is 47.9 Å². The number of carbonyl (C=O) groups is 1. The first-order valence-corrected chi connectivity index (χ1v) is 9.68. The summed E-state index contributed by atoms with van der Waals surface area (Å²) in [6.45, 7) is 7.55. The maximum Gasteiger partial charge on any atom is 0.182 e. The second-order valence-electron chi connectivity index (χ2n) is 7.74. The number of aromatic nitrogens is 3. The summed E-state index contributed by atoms with van der Waals surface area (Å²) in [7, 11) is 0. The molecule has 29 heavy (non-hydrogen) atoms. The number of hydrogen-bond donors (Lipinski definition) is 3. The number of piperazine rings is 1. The molecule has 0 amide bonds. The zero-order valence-corrected chi connectivity index (χ0v) is 16.6. The lowest BCUT2D eigenvalue weighted by Crippen LogP contribution is -2.55. The van der Waals surface area contributed by atoms with Crippen molar-refractivity contribution in [2.45, 2.75) is 38.9 Å². The van der Waals surface area contributed by atoms with Gasteiger partial charge in [0.15, 0.2) is 5.65 Å². The molecule has 8 heteroatoms. The average Bonchev–Trinajstić information content (AvgIpc) is 3.06. The van der Waals surface area contributed by atoms with Gasteiger partial charge >= 0.3 is 0 Å². The van der Waals surface area contributed by atoms with Gasteiger partial charge in [0.1, 0.15) is 17.9 Å². The first-order chi connectivity index (χ1) is 13.9. The van der Waals surface area contributed by atoms with Gasteiger partial charge in [0.25, 0.3) is 0 Å². The van der Waals surface area contributed by atoms with Crippen molar-refractivity contribution in [1.82, 2.24) is 25.4 Å². The summed E-state index contributed by atoms with van der Waals surface area (Å²) in [6.07, 6.45) is 0.937. The predicted octanol–water partition coefficient (Wildman–Crippen LogP) is 2.70. The zero-order valence-electron chi connectivity index (χ0n) is 16.6. The number of pyridine rings is 1. The minimum absolute atomic E-state index is 0.155. The highest BCUT2D eigenvalue weighted by Gasteiger charge is 2.32. The van der Waals surface area contributed by atoms with E-state index in [9.17, 15) is 14.3 Å². The van der Waals surface area contributed by atoms with Crippen molar-refractivity contribution >= 4 is 17.3 Å². The third-order valence-corrected chi connectivity index (χ3v) is 5.58. The monoisotopic (exact) mass is 397 g/mol. The number of rotatable bonds is 4. The number of phenolic OH excluding ortho intramolecular Hbond substituents is 1. The third-order valence-electron chi connectivity index (χ3n) is 5.58. The van der Waals surface area contributed by atoms with Gasteiger partial charge in [-0.15, -0.1) is 0 Å². The fraction of sp³-hybridized carbons (Fsp3) is 0.381. The molecule has 3 aromatic rings. The number of carbonyl (C=O) groups excluding carboxylic acids is 1. The van der Waals surface area contributed by atoms with Crippen molar-refractivity contribution in [3.63, 3.8) is 0 Å². The second-order valence-corrected chi connectivity index (χ2v) is 7.74. The number of nitrogens with zero attached hydrogens (tertiary/aromatic N) is 3. The van der Waals surface area contributed by atoms with Gasteiger partial charge in [-0.25, -0.2) is 9.37 Å². The van der Waals surface area contributed by atoms with Crippen LogP contribution in [0.5, 0.6) is 5.75 Å². The number of aldehydes is 1. The van der Waals surface area contributed by atoms with E-state index in [4.69, 9.17) is 0 Å². The van der Waals surface area contributed by atoms with E-state index in [0.29, 0.717) is 17.9 Å². The van der Waals surface area contributed by atoms with Crippen molar-refractivity contribution in [1.29, 1.82) is 0 Å². The zero-order chi connectivity index (χ0) is 20.7. The Morgan fingerprint density at radius 1 is 1.34 bits per heavy atom. The lowest BCUT2D eigenvalue weighted by atomic mass is 9.96. The average molecular weight is 397 g/mol. The van der Waals surface area contributed by atoms with E-state index in [1.54, 1.807) is 6.07 Å². The molecule has 7 nitrogen and oxygen atoms in total. The molecule has 0 radical (unpaired) electrons. The summed E-state index contributed by atoms with van der Waals surface area (Å²) in [4.78, 5) is 18.9. The maximum atomic E-state index is 14.5. The molecule has 3 unspecified atom stereocenters. The fourth-order valence-corrected chi connectivity index (χ4v) is 4.06. The van der Waals surface area contributed by atoms with Gasteiger partial charge in [-0.2, -0.15) is 5.10 Å². The molecule has 0 bridgehead atoms. The molecule has 1 fully saturated rings. The van der Waals surface area contributed by atoms with Crippen LogP contribution in [0.25, 0.3) is 22.3 Å². The molecule has 3 N–H and O–H groups in total. The van der Waals surface area contributed by atoms with E-state index in [1.807, 2.05) is 6.92 Å². The minimum atomic E-state index is -0.582. The Morgan fingerprint density at radius 3 is 2.86 bits per heavy atom. The number of fused-ring (bicyclic) bond motifs is 1. The van der Waals surface area contributed by atoms with Crippen molar-refractivity contribution in [2.24, 2.45) is 0 Å². The van der Waals surface area contributed by atoms with Crippen LogP contribution in [0.3, 0.4) is 0 Å². The summed E-state index contributed by atoms with van der Waals surface area (Å²) >= 11 is 0. The molecule has 0 aliphatic carbocycles. The topological polar surface area (TPSA) is 94.1 Å². The number of benzene rings is 1. The van der Waals surface area contributed by atoms with Crippen LogP contribution in [0.15, 0.2) is 24.3 Å². The Morgan fingerprint density at radius 2 is 2.14 bits per heavy atom. The molecule has 1 aliphatic rings. The van der Waals surface area contributed by atoms with Gasteiger partial charge < -0.3 is 15.2 Å². The third kappa shape index (κ3) is 3.49. The lowest BCUT2D eigenvalue weighted by Gasteiger charge is -2.41. The first-order valence-electron chi connectivity index (χ1n) is 9.68. The van der Waals surface area contributed by atoms with E-state index in [2.05, 4.69) is 39.2 Å². The Labute approximate surface area is 167 Å². The number of halogens is 1. The summed E-state index contributed by atoms with van der Waals surface area (Å²) in [5.74, 6) is -0.737. The Kier molecular flexibility index (Phi) is 5.06. The maximum absolute atomic E-state index is 14.5. The molecule has 0 spiro atoms. The highest BCUT2D eigenvalue weighted by Crippen LogP contribution is 2.34. The van der Waals surface area contributed by atoms with Crippen LogP contribution in [0.2, 0.25) is 0 Å². The van der Waals surface area contributed by atoms with Crippen LogP contribution >= 0.6 is 0 Å². The Balaban J connectivity index is 1.90. The normalized spacial score (nSPS) is 21.4. The predicted molar refractivity (Wildman–Crippen MR) is 108 cm³/mol. The summed E-state index contributed by atoms with van der Waals surface area (Å²) < 4.78 is 14.5. The number of aromatic amines is 1. The molecule has 1 aromatic carbocycles. The van der Waals surface area contributed by atoms with Crippen LogP contribution in [0.4, 0.5) is 4.39 Å². The standard InChI is InChI=1S/C21H24FN5O2/c1-11-9-27(12(2)8-23-11)19(10-28)16-7-18(15-5-4-14(29)6-17(15)22)24-21-20(16)13(3)25-26-21/h4-7,10-12,19,23,29H,8-9H2,1-3H3,(H,24,25,26). The SMILES string of the molecule is Cc1[nH]nc2nc(-c3ccc(O)cc3F)cc(C(C=O)N3CC(C)NCC3C)c12. The van der Waals surface area contributed by atoms with Gasteiger partial charge in [0.05, 0.1) is 11.7 Å². The number of hydrogen-bond acceptors (Lipinski definition) is 6. The van der Waals surface area contributed by atoms with Gasteiger partial charge in [-0.05, 0) is 44.5 Å². The van der Waals surface area contributed by atoms with Crippen molar-refractivity contribution < 1.29 is 14.3 Å². The van der Waals surface area contributed by atoms with Gasteiger partial charge in [0.2, 0.25) is 0 Å². The largest absolute Gasteiger partial charge is 0.508 e. The van der Waals surface area contributed by atoms with Crippen LogP contribution in [0.1, 0.15) is 31.1 Å². The number of nitrogens with one attached hydrogen (secondary N) is 2. The fourth-order valence-electron chi connectivity index (χ4n) is 4.06. The quantitative estimate of drug-likeness (QED) is 0.586. The molecular weight excluding hydrogens is 373 g/mol. The van der Waals surface area contributed by atoms with E-state index in [0.717, 1.165) is 35.5 Å². The Hall–Kier alpha value is -2.84. The van der Waals surface area contributed by atoms with Crippen molar-refractivity contribution in [3.8, 4) is 17.0 Å². The summed E-state index contributed by atoms with van der Waals surface area (Å²) in [5.41, 5.74) is 2.62. The molecule has 3 atom stereocenters. The van der Waals surface area contributed by atoms with Crippen molar-refractivity contribution in [3.05, 3.63) is 41.3 Å². The van der Waals surface area contributed by atoms with Gasteiger partial charge in [-0.3, -0.25) is 10.00 Å². The highest BCUT2D eigenvalue weighted by molar-refractivity contribution is 5.88. The molecular formula is C21H24FN5O2. The smallest absolute Gasteiger partial charge is 0.182 e. The first kappa shape index (κ1) is 19.5. The van der Waals surface area contributed by atoms with E-state index >= 15 is 0 Å². The van der Waals surface area contributed by atoms with Crippen molar-refractivity contribution in [2.75, 3.05) is 13.1 Å². The van der Waals surface area contributed by atoms with E-state index in [1.165, 1.54) is 12.1 Å². The molecule has 1 saturated heterocycles. The molecule has 0 saturated carbocycles. The Bertz CT molecular complexity index is 1070. The number of aromatic hydroxyl groups is 1. The highest BCUT2D eigenvalue weighted by atomic mass is 19.1. The lowest BCUT2D eigenvalue weighted by molar-refractivity contribution is -0.114. The number of H-pyrrole nitrogens is 1. The molecule has 152 valence electrons. The molecule has 4 rings (SSSR count). The molecule has 2 aromatic heterocycles. The molecule has 1 aliphatic heterocycles. The van der Waals surface area contributed by atoms with Crippen LogP contribution in [-0.2, 0) is 4.79 Å². The van der Waals surface area contributed by atoms with Gasteiger partial charge in [-0.1, -0.05) is 0 Å². The second kappa shape index (κ2) is 7.53. The van der Waals surface area contributed by atoms with Crippen LogP contribution in [-0.4, -0.2) is 56.6 Å². The summed E-state index contributed by atoms with van der Waals surface area (Å²) in [5, 5.41) is 20.9. The van der Waals surface area contributed by atoms with Crippen LogP contribution < -0.4 is 5.32 Å². The summed E-state index contributed by atoms with van der Waals surface area (Å²) in [6, 6.07) is 5.61.